The van der Waals surface area contributed by atoms with Crippen LogP contribution in [0.5, 0.6) is 0 Å². The van der Waals surface area contributed by atoms with E-state index in [0.717, 1.165) is 60.6 Å². The van der Waals surface area contributed by atoms with Gasteiger partial charge in [0.25, 0.3) is 0 Å². The number of aryl methyl sites for hydroxylation is 3. The number of morpholine rings is 1. The number of hydrogen-bond acceptors (Lipinski definition) is 7. The van der Waals surface area contributed by atoms with E-state index in [4.69, 9.17) is 9.72 Å². The molecule has 0 amide bonds. The fraction of sp³-hybridized carbons (Fsp3) is 0.421. The minimum atomic E-state index is 0.767. The SMILES string of the molecule is Cc1nc(N2CCOCC2)ccc1Nc1ncnc2sc3c(c12)CCC3. The first-order valence-electron chi connectivity index (χ1n) is 9.12. The van der Waals surface area contributed by atoms with E-state index < -0.39 is 0 Å². The molecule has 3 aromatic heterocycles. The van der Waals surface area contributed by atoms with Crippen LogP contribution in [0.2, 0.25) is 0 Å². The normalized spacial score (nSPS) is 16.9. The van der Waals surface area contributed by atoms with Gasteiger partial charge in [-0.2, -0.15) is 0 Å². The number of anilines is 3. The third-order valence-corrected chi connectivity index (χ3v) is 6.36. The predicted octanol–water partition coefficient (Wildman–Crippen LogP) is 3.46. The van der Waals surface area contributed by atoms with Crippen LogP contribution >= 0.6 is 11.3 Å². The van der Waals surface area contributed by atoms with Gasteiger partial charge < -0.3 is 15.0 Å². The molecule has 1 saturated heterocycles. The van der Waals surface area contributed by atoms with Crippen molar-refractivity contribution in [3.05, 3.63) is 34.6 Å². The van der Waals surface area contributed by atoms with Gasteiger partial charge in [0.15, 0.2) is 0 Å². The Labute approximate surface area is 156 Å². The molecular weight excluding hydrogens is 346 g/mol. The summed E-state index contributed by atoms with van der Waals surface area (Å²) >= 11 is 1.81. The molecule has 4 heterocycles. The van der Waals surface area contributed by atoms with Crippen LogP contribution in [0.25, 0.3) is 10.2 Å². The van der Waals surface area contributed by atoms with Crippen LogP contribution in [0, 0.1) is 6.92 Å². The maximum Gasteiger partial charge on any atom is 0.142 e. The Morgan fingerprint density at radius 1 is 1.15 bits per heavy atom. The summed E-state index contributed by atoms with van der Waals surface area (Å²) in [5, 5.41) is 4.71. The third kappa shape index (κ3) is 2.71. The number of nitrogens with one attached hydrogen (secondary N) is 1. The summed E-state index contributed by atoms with van der Waals surface area (Å²) in [4.78, 5) is 18.6. The first-order chi connectivity index (χ1) is 12.8. The summed E-state index contributed by atoms with van der Waals surface area (Å²) in [5.41, 5.74) is 3.41. The fourth-order valence-corrected chi connectivity index (χ4v) is 5.03. The van der Waals surface area contributed by atoms with E-state index in [9.17, 15) is 0 Å². The molecular formula is C19H21N5OS. The lowest BCUT2D eigenvalue weighted by atomic mass is 10.2. The number of pyridine rings is 1. The highest BCUT2D eigenvalue weighted by molar-refractivity contribution is 7.19. The molecule has 1 N–H and O–H groups in total. The van der Waals surface area contributed by atoms with Gasteiger partial charge in [0.1, 0.15) is 22.8 Å². The monoisotopic (exact) mass is 367 g/mol. The van der Waals surface area contributed by atoms with Gasteiger partial charge in [0.2, 0.25) is 0 Å². The van der Waals surface area contributed by atoms with Crippen LogP contribution in [0.15, 0.2) is 18.5 Å². The Balaban J connectivity index is 1.47. The maximum absolute atomic E-state index is 5.43. The molecule has 0 unspecified atom stereocenters. The maximum atomic E-state index is 5.43. The Kier molecular flexibility index (Phi) is 3.98. The number of fused-ring (bicyclic) bond motifs is 3. The molecule has 0 spiro atoms. The van der Waals surface area contributed by atoms with Crippen molar-refractivity contribution < 1.29 is 4.74 Å². The van der Waals surface area contributed by atoms with Crippen molar-refractivity contribution >= 4 is 38.9 Å². The molecule has 0 bridgehead atoms. The van der Waals surface area contributed by atoms with Gasteiger partial charge in [-0.15, -0.1) is 11.3 Å². The van der Waals surface area contributed by atoms with Crippen molar-refractivity contribution in [3.8, 4) is 0 Å². The fourth-order valence-electron chi connectivity index (χ4n) is 3.80. The molecule has 1 aliphatic carbocycles. The van der Waals surface area contributed by atoms with Crippen LogP contribution in [0.1, 0.15) is 22.6 Å². The van der Waals surface area contributed by atoms with Crippen molar-refractivity contribution in [1.29, 1.82) is 0 Å². The van der Waals surface area contributed by atoms with E-state index in [-0.39, 0.29) is 0 Å². The number of nitrogens with zero attached hydrogens (tertiary/aromatic N) is 4. The van der Waals surface area contributed by atoms with Gasteiger partial charge in [0.05, 0.1) is 30.0 Å². The van der Waals surface area contributed by atoms with E-state index in [2.05, 4.69) is 32.3 Å². The second-order valence-electron chi connectivity index (χ2n) is 6.79. The van der Waals surface area contributed by atoms with Crippen LogP contribution in [-0.4, -0.2) is 41.3 Å². The van der Waals surface area contributed by atoms with Crippen LogP contribution in [0.4, 0.5) is 17.3 Å². The Hall–Kier alpha value is -2.25. The van der Waals surface area contributed by atoms with Crippen molar-refractivity contribution in [2.45, 2.75) is 26.2 Å². The summed E-state index contributed by atoms with van der Waals surface area (Å²) in [7, 11) is 0. The number of hydrogen-bond donors (Lipinski definition) is 1. The summed E-state index contributed by atoms with van der Waals surface area (Å²) in [6, 6.07) is 4.19. The lowest BCUT2D eigenvalue weighted by Crippen LogP contribution is -2.36. The van der Waals surface area contributed by atoms with E-state index in [1.165, 1.54) is 28.7 Å². The predicted molar refractivity (Wildman–Crippen MR) is 105 cm³/mol. The average Bonchev–Trinajstić information content (AvgIpc) is 3.25. The van der Waals surface area contributed by atoms with Gasteiger partial charge in [0, 0.05) is 18.0 Å². The van der Waals surface area contributed by atoms with E-state index in [1.807, 2.05) is 18.3 Å². The highest BCUT2D eigenvalue weighted by Gasteiger charge is 2.21. The Morgan fingerprint density at radius 3 is 2.88 bits per heavy atom. The van der Waals surface area contributed by atoms with Crippen molar-refractivity contribution in [3.63, 3.8) is 0 Å². The lowest BCUT2D eigenvalue weighted by Gasteiger charge is -2.28. The number of ether oxygens (including phenoxy) is 1. The largest absolute Gasteiger partial charge is 0.378 e. The molecule has 0 aromatic carbocycles. The molecule has 26 heavy (non-hydrogen) atoms. The van der Waals surface area contributed by atoms with Crippen LogP contribution < -0.4 is 10.2 Å². The highest BCUT2D eigenvalue weighted by atomic mass is 32.1. The Morgan fingerprint density at radius 2 is 2.04 bits per heavy atom. The second kappa shape index (κ2) is 6.48. The summed E-state index contributed by atoms with van der Waals surface area (Å²) in [6.07, 6.45) is 5.19. The molecule has 5 rings (SSSR count). The molecule has 7 heteroatoms. The van der Waals surface area contributed by atoms with Crippen molar-refractivity contribution in [2.75, 3.05) is 36.5 Å². The van der Waals surface area contributed by atoms with Crippen molar-refractivity contribution in [2.24, 2.45) is 0 Å². The van der Waals surface area contributed by atoms with Crippen molar-refractivity contribution in [1.82, 2.24) is 15.0 Å². The van der Waals surface area contributed by atoms with Gasteiger partial charge in [-0.05, 0) is 43.9 Å². The van der Waals surface area contributed by atoms with Crippen LogP contribution in [-0.2, 0) is 17.6 Å². The molecule has 1 aliphatic heterocycles. The number of aromatic nitrogens is 3. The van der Waals surface area contributed by atoms with E-state index >= 15 is 0 Å². The van der Waals surface area contributed by atoms with Gasteiger partial charge in [-0.1, -0.05) is 0 Å². The van der Waals surface area contributed by atoms with Gasteiger partial charge >= 0.3 is 0 Å². The summed E-state index contributed by atoms with van der Waals surface area (Å²) < 4.78 is 5.43. The molecule has 6 nitrogen and oxygen atoms in total. The molecule has 0 radical (unpaired) electrons. The van der Waals surface area contributed by atoms with Gasteiger partial charge in [-0.25, -0.2) is 15.0 Å². The molecule has 0 atom stereocenters. The third-order valence-electron chi connectivity index (χ3n) is 5.16. The minimum absolute atomic E-state index is 0.767. The smallest absolute Gasteiger partial charge is 0.142 e. The summed E-state index contributed by atoms with van der Waals surface area (Å²) in [6.45, 7) is 5.37. The minimum Gasteiger partial charge on any atom is -0.378 e. The molecule has 2 aliphatic rings. The zero-order valence-electron chi connectivity index (χ0n) is 14.8. The summed E-state index contributed by atoms with van der Waals surface area (Å²) in [5.74, 6) is 1.92. The first kappa shape index (κ1) is 16.0. The number of thiophene rings is 1. The molecule has 0 saturated carbocycles. The topological polar surface area (TPSA) is 63.2 Å². The molecule has 3 aromatic rings. The Bertz CT molecular complexity index is 964. The van der Waals surface area contributed by atoms with E-state index in [1.54, 1.807) is 6.33 Å². The average molecular weight is 367 g/mol. The number of rotatable bonds is 3. The zero-order chi connectivity index (χ0) is 17.5. The standard InChI is InChI=1S/C19H21N5OS/c1-12-14(5-6-16(22-12)24-7-9-25-10-8-24)23-18-17-13-3-2-4-15(13)26-19(17)21-11-20-18/h5-6,11H,2-4,7-10H2,1H3,(H,20,21,23). The van der Waals surface area contributed by atoms with E-state index in [0.29, 0.717) is 0 Å². The quantitative estimate of drug-likeness (QED) is 0.765. The molecule has 134 valence electrons. The highest BCUT2D eigenvalue weighted by Crippen LogP contribution is 2.39. The first-order valence-corrected chi connectivity index (χ1v) is 9.94. The molecule has 1 fully saturated rings. The lowest BCUT2D eigenvalue weighted by molar-refractivity contribution is 0.122. The van der Waals surface area contributed by atoms with Crippen LogP contribution in [0.3, 0.4) is 0 Å². The zero-order valence-corrected chi connectivity index (χ0v) is 15.6. The second-order valence-corrected chi connectivity index (χ2v) is 7.87. The van der Waals surface area contributed by atoms with Gasteiger partial charge in [-0.3, -0.25) is 0 Å².